The summed E-state index contributed by atoms with van der Waals surface area (Å²) in [7, 11) is 0. The zero-order valence-electron chi connectivity index (χ0n) is 12.6. The lowest BCUT2D eigenvalue weighted by molar-refractivity contribution is -0.126. The van der Waals surface area contributed by atoms with Crippen LogP contribution in [-0.4, -0.2) is 18.4 Å². The van der Waals surface area contributed by atoms with Crippen molar-refractivity contribution >= 4 is 17.5 Å². The van der Waals surface area contributed by atoms with Gasteiger partial charge in [-0.3, -0.25) is 9.59 Å². The van der Waals surface area contributed by atoms with Gasteiger partial charge in [0.05, 0.1) is 5.41 Å². The van der Waals surface area contributed by atoms with E-state index in [1.54, 1.807) is 0 Å². The Kier molecular flexibility index (Phi) is 4.63. The number of hydrogen-bond acceptors (Lipinski definition) is 3. The van der Waals surface area contributed by atoms with Gasteiger partial charge in [0.15, 0.2) is 0 Å². The van der Waals surface area contributed by atoms with Gasteiger partial charge in [0.25, 0.3) is 0 Å². The molecule has 0 aliphatic heterocycles. The fraction of sp³-hybridized carbons (Fsp3) is 0.500. The maximum absolute atomic E-state index is 12.0. The van der Waals surface area contributed by atoms with Crippen molar-refractivity contribution in [1.29, 1.82) is 0 Å². The van der Waals surface area contributed by atoms with Crippen LogP contribution in [0.3, 0.4) is 0 Å². The van der Waals surface area contributed by atoms with Crippen molar-refractivity contribution in [3.05, 3.63) is 29.8 Å². The fourth-order valence-electron chi connectivity index (χ4n) is 2.09. The fourth-order valence-corrected chi connectivity index (χ4v) is 2.09. The van der Waals surface area contributed by atoms with E-state index < -0.39 is 0 Å². The molecule has 0 radical (unpaired) electrons. The molecule has 5 heteroatoms. The Balaban J connectivity index is 1.92. The van der Waals surface area contributed by atoms with Gasteiger partial charge in [-0.25, -0.2) is 0 Å². The first kappa shape index (κ1) is 15.5. The first-order chi connectivity index (χ1) is 9.97. The molecule has 21 heavy (non-hydrogen) atoms. The second kappa shape index (κ2) is 6.26. The Morgan fingerprint density at radius 1 is 1.33 bits per heavy atom. The van der Waals surface area contributed by atoms with E-state index in [4.69, 9.17) is 5.73 Å². The van der Waals surface area contributed by atoms with Crippen LogP contribution >= 0.6 is 0 Å². The zero-order valence-corrected chi connectivity index (χ0v) is 12.6. The number of anilines is 1. The predicted octanol–water partition coefficient (Wildman–Crippen LogP) is 1.64. The average Bonchev–Trinajstić information content (AvgIpc) is 3.26. The van der Waals surface area contributed by atoms with E-state index in [1.165, 1.54) is 0 Å². The normalized spacial score (nSPS) is 15.6. The van der Waals surface area contributed by atoms with Crippen molar-refractivity contribution in [3.8, 4) is 0 Å². The Labute approximate surface area is 125 Å². The van der Waals surface area contributed by atoms with E-state index in [-0.39, 0.29) is 23.1 Å². The van der Waals surface area contributed by atoms with Crippen LogP contribution < -0.4 is 16.4 Å². The number of nitrogens with one attached hydrogen (secondary N) is 2. The highest BCUT2D eigenvalue weighted by atomic mass is 16.2. The average molecular weight is 289 g/mol. The number of hydrogen-bond donors (Lipinski definition) is 3. The zero-order chi connectivity index (χ0) is 15.5. The molecule has 0 spiro atoms. The summed E-state index contributed by atoms with van der Waals surface area (Å²) in [4.78, 5) is 23.7. The van der Waals surface area contributed by atoms with Gasteiger partial charge in [0.2, 0.25) is 11.8 Å². The lowest BCUT2D eigenvalue weighted by atomic mass is 10.1. The molecule has 1 aromatic rings. The Morgan fingerprint density at radius 3 is 2.62 bits per heavy atom. The van der Waals surface area contributed by atoms with Crippen molar-refractivity contribution < 1.29 is 9.59 Å². The third kappa shape index (κ3) is 3.82. The molecule has 0 aromatic heterocycles. The first-order valence-corrected chi connectivity index (χ1v) is 7.35. The Morgan fingerprint density at radius 2 is 2.05 bits per heavy atom. The second-order valence-electron chi connectivity index (χ2n) is 6.01. The maximum Gasteiger partial charge on any atom is 0.227 e. The molecule has 0 unspecified atom stereocenters. The van der Waals surface area contributed by atoms with Gasteiger partial charge in [-0.05, 0) is 30.5 Å². The monoisotopic (exact) mass is 289 g/mol. The smallest absolute Gasteiger partial charge is 0.227 e. The molecule has 0 atom stereocenters. The van der Waals surface area contributed by atoms with Crippen LogP contribution in [0.15, 0.2) is 24.3 Å². The summed E-state index contributed by atoms with van der Waals surface area (Å²) in [6, 6.07) is 7.51. The molecular formula is C16H23N3O2. The van der Waals surface area contributed by atoms with Gasteiger partial charge < -0.3 is 16.4 Å². The van der Waals surface area contributed by atoms with Gasteiger partial charge in [-0.2, -0.15) is 0 Å². The van der Waals surface area contributed by atoms with Crippen molar-refractivity contribution in [2.45, 2.75) is 33.2 Å². The summed E-state index contributed by atoms with van der Waals surface area (Å²) in [5, 5.41) is 5.78. The van der Waals surface area contributed by atoms with Crippen LogP contribution in [0.4, 0.5) is 5.69 Å². The van der Waals surface area contributed by atoms with E-state index in [2.05, 4.69) is 10.6 Å². The topological polar surface area (TPSA) is 84.2 Å². The number of rotatable bonds is 6. The lowest BCUT2D eigenvalue weighted by Gasteiger charge is -2.13. The molecule has 5 nitrogen and oxygen atoms in total. The highest BCUT2D eigenvalue weighted by molar-refractivity contribution is 5.92. The molecule has 4 N–H and O–H groups in total. The summed E-state index contributed by atoms with van der Waals surface area (Å²) in [6.07, 6.45) is 1.75. The highest BCUT2D eigenvalue weighted by Crippen LogP contribution is 2.44. The molecule has 1 aliphatic carbocycles. The number of carbonyl (C=O) groups excluding carboxylic acids is 2. The SMILES string of the molecule is CC(C)C(=O)Nc1cccc(CNC(=O)C2(CN)CC2)c1. The van der Waals surface area contributed by atoms with E-state index in [1.807, 2.05) is 38.1 Å². The molecule has 0 bridgehead atoms. The third-order valence-corrected chi connectivity index (χ3v) is 3.90. The number of amides is 2. The van der Waals surface area contributed by atoms with Crippen LogP contribution in [0.2, 0.25) is 0 Å². The summed E-state index contributed by atoms with van der Waals surface area (Å²) < 4.78 is 0. The minimum absolute atomic E-state index is 0.0174. The highest BCUT2D eigenvalue weighted by Gasteiger charge is 2.48. The van der Waals surface area contributed by atoms with Gasteiger partial charge >= 0.3 is 0 Å². The quantitative estimate of drug-likeness (QED) is 0.744. The number of benzene rings is 1. The van der Waals surface area contributed by atoms with Crippen molar-refractivity contribution in [1.82, 2.24) is 5.32 Å². The van der Waals surface area contributed by atoms with Gasteiger partial charge in [-0.1, -0.05) is 26.0 Å². The van der Waals surface area contributed by atoms with Crippen LogP contribution in [0.25, 0.3) is 0 Å². The minimum atomic E-state index is -0.330. The number of nitrogens with two attached hydrogens (primary N) is 1. The molecule has 0 heterocycles. The van der Waals surface area contributed by atoms with Crippen LogP contribution in [0.5, 0.6) is 0 Å². The van der Waals surface area contributed by atoms with Crippen molar-refractivity contribution in [3.63, 3.8) is 0 Å². The van der Waals surface area contributed by atoms with E-state index in [9.17, 15) is 9.59 Å². The largest absolute Gasteiger partial charge is 0.352 e. The third-order valence-electron chi connectivity index (χ3n) is 3.90. The summed E-state index contributed by atoms with van der Waals surface area (Å²) >= 11 is 0. The van der Waals surface area contributed by atoms with Crippen LogP contribution in [-0.2, 0) is 16.1 Å². The van der Waals surface area contributed by atoms with E-state index >= 15 is 0 Å². The van der Waals surface area contributed by atoms with Gasteiger partial charge in [-0.15, -0.1) is 0 Å². The molecule has 1 aliphatic rings. The molecule has 1 fully saturated rings. The van der Waals surface area contributed by atoms with Gasteiger partial charge in [0, 0.05) is 24.7 Å². The lowest BCUT2D eigenvalue weighted by Crippen LogP contribution is -2.36. The minimum Gasteiger partial charge on any atom is -0.352 e. The van der Waals surface area contributed by atoms with Crippen LogP contribution in [0, 0.1) is 11.3 Å². The summed E-state index contributed by atoms with van der Waals surface area (Å²) in [5.74, 6) is -0.0505. The molecule has 1 saturated carbocycles. The van der Waals surface area contributed by atoms with Crippen molar-refractivity contribution in [2.24, 2.45) is 17.1 Å². The molecule has 2 amide bonds. The summed E-state index contributed by atoms with van der Waals surface area (Å²) in [5.41, 5.74) is 7.01. The molecular weight excluding hydrogens is 266 g/mol. The van der Waals surface area contributed by atoms with E-state index in [0.717, 1.165) is 24.1 Å². The first-order valence-electron chi connectivity index (χ1n) is 7.35. The summed E-state index contributed by atoms with van der Waals surface area (Å²) in [6.45, 7) is 4.55. The maximum atomic E-state index is 12.0. The van der Waals surface area contributed by atoms with Crippen molar-refractivity contribution in [2.75, 3.05) is 11.9 Å². The number of carbonyl (C=O) groups is 2. The molecule has 1 aromatic carbocycles. The van der Waals surface area contributed by atoms with Crippen LogP contribution in [0.1, 0.15) is 32.3 Å². The Bertz CT molecular complexity index is 536. The molecule has 2 rings (SSSR count). The molecule has 114 valence electrons. The Hall–Kier alpha value is -1.88. The predicted molar refractivity (Wildman–Crippen MR) is 82.5 cm³/mol. The standard InChI is InChI=1S/C16H23N3O2/c1-11(2)14(20)19-13-5-3-4-12(8-13)9-18-15(21)16(10-17)6-7-16/h3-5,8,11H,6-7,9-10,17H2,1-2H3,(H,18,21)(H,19,20). The molecule has 0 saturated heterocycles. The van der Waals surface area contributed by atoms with E-state index in [0.29, 0.717) is 13.1 Å². The second-order valence-corrected chi connectivity index (χ2v) is 6.01. The van der Waals surface area contributed by atoms with Gasteiger partial charge in [0.1, 0.15) is 0 Å².